The Bertz CT molecular complexity index is 763. The average molecular weight is 357 g/mol. The van der Waals surface area contributed by atoms with E-state index in [1.165, 1.54) is 7.11 Å². The summed E-state index contributed by atoms with van der Waals surface area (Å²) in [5.41, 5.74) is 1.53. The Morgan fingerprint density at radius 3 is 2.31 bits per heavy atom. The molecule has 0 bridgehead atoms. The van der Waals surface area contributed by atoms with Crippen LogP contribution in [0.1, 0.15) is 31.1 Å². The number of carbonyl (C=O) groups is 2. The number of hydrogen-bond donors (Lipinski definition) is 1. The average Bonchev–Trinajstić information content (AvgIpc) is 2.59. The number of hydrogen-bond acceptors (Lipinski definition) is 6. The van der Waals surface area contributed by atoms with E-state index in [0.29, 0.717) is 11.3 Å². The quantitative estimate of drug-likeness (QED) is 0.790. The number of esters is 2. The molecule has 0 aliphatic rings. The fourth-order valence-corrected chi connectivity index (χ4v) is 2.15. The van der Waals surface area contributed by atoms with Gasteiger partial charge in [0, 0.05) is 17.4 Å². The second-order valence-electron chi connectivity index (χ2n) is 6.60. The molecule has 0 amide bonds. The third-order valence-electron chi connectivity index (χ3n) is 3.21. The molecule has 0 atom stereocenters. The molecule has 2 aromatic carbocycles. The second-order valence-corrected chi connectivity index (χ2v) is 6.60. The van der Waals surface area contributed by atoms with Crippen molar-refractivity contribution in [1.29, 1.82) is 0 Å². The monoisotopic (exact) mass is 357 g/mol. The van der Waals surface area contributed by atoms with Crippen molar-refractivity contribution in [2.45, 2.75) is 26.4 Å². The summed E-state index contributed by atoms with van der Waals surface area (Å²) in [5.74, 6) is -0.254. The van der Waals surface area contributed by atoms with Gasteiger partial charge in [0.15, 0.2) is 6.61 Å². The van der Waals surface area contributed by atoms with Crippen LogP contribution < -0.4 is 10.1 Å². The first-order chi connectivity index (χ1) is 12.3. The molecule has 2 rings (SSSR count). The van der Waals surface area contributed by atoms with Gasteiger partial charge in [-0.2, -0.15) is 0 Å². The van der Waals surface area contributed by atoms with Crippen LogP contribution >= 0.6 is 0 Å². The lowest BCUT2D eigenvalue weighted by Crippen LogP contribution is -2.27. The molecular formula is C20H23NO5. The Hall–Kier alpha value is -3.02. The summed E-state index contributed by atoms with van der Waals surface area (Å²) in [4.78, 5) is 23.2. The van der Waals surface area contributed by atoms with Crippen LogP contribution in [0, 0.1) is 0 Å². The van der Waals surface area contributed by atoms with Crippen molar-refractivity contribution in [2.24, 2.45) is 0 Å². The van der Waals surface area contributed by atoms with Gasteiger partial charge in [-0.15, -0.1) is 0 Å². The summed E-state index contributed by atoms with van der Waals surface area (Å²) in [6.45, 7) is 5.26. The van der Waals surface area contributed by atoms with Gasteiger partial charge in [-0.1, -0.05) is 6.07 Å². The van der Waals surface area contributed by atoms with Gasteiger partial charge in [-0.3, -0.25) is 0 Å². The number of carbonyl (C=O) groups excluding carboxylic acids is 2. The van der Waals surface area contributed by atoms with Crippen LogP contribution in [0.25, 0.3) is 0 Å². The van der Waals surface area contributed by atoms with Gasteiger partial charge in [0.2, 0.25) is 0 Å². The van der Waals surface area contributed by atoms with Gasteiger partial charge in [-0.25, -0.2) is 9.59 Å². The van der Waals surface area contributed by atoms with Crippen LogP contribution in [0.15, 0.2) is 48.5 Å². The summed E-state index contributed by atoms with van der Waals surface area (Å²) in [7, 11) is 1.34. The maximum Gasteiger partial charge on any atom is 0.344 e. The van der Waals surface area contributed by atoms with Crippen LogP contribution in [-0.4, -0.2) is 31.3 Å². The van der Waals surface area contributed by atoms with Crippen LogP contribution in [0.4, 0.5) is 11.4 Å². The lowest BCUT2D eigenvalue weighted by molar-refractivity contribution is -0.157. The number of nitrogens with one attached hydrogen (secondary N) is 1. The Labute approximate surface area is 153 Å². The van der Waals surface area contributed by atoms with E-state index in [0.717, 1.165) is 11.4 Å². The highest BCUT2D eigenvalue weighted by Gasteiger charge is 2.16. The van der Waals surface area contributed by atoms with E-state index >= 15 is 0 Å². The van der Waals surface area contributed by atoms with Gasteiger partial charge in [0.25, 0.3) is 0 Å². The van der Waals surface area contributed by atoms with Crippen molar-refractivity contribution in [2.75, 3.05) is 19.0 Å². The van der Waals surface area contributed by atoms with Crippen molar-refractivity contribution < 1.29 is 23.8 Å². The zero-order valence-electron chi connectivity index (χ0n) is 15.4. The Kier molecular flexibility index (Phi) is 6.22. The van der Waals surface area contributed by atoms with E-state index in [4.69, 9.17) is 9.47 Å². The maximum absolute atomic E-state index is 11.7. The van der Waals surface area contributed by atoms with Crippen LogP contribution in [-0.2, 0) is 14.3 Å². The molecule has 1 N–H and O–H groups in total. The first-order valence-electron chi connectivity index (χ1n) is 8.17. The van der Waals surface area contributed by atoms with Gasteiger partial charge >= 0.3 is 11.9 Å². The van der Waals surface area contributed by atoms with Gasteiger partial charge in [0.05, 0.1) is 12.7 Å². The Balaban J connectivity index is 1.96. The predicted molar refractivity (Wildman–Crippen MR) is 98.8 cm³/mol. The van der Waals surface area contributed by atoms with Crippen molar-refractivity contribution in [3.8, 4) is 5.75 Å². The number of benzene rings is 2. The minimum absolute atomic E-state index is 0.158. The molecule has 0 saturated heterocycles. The summed E-state index contributed by atoms with van der Waals surface area (Å²) in [6, 6.07) is 14.1. The zero-order chi connectivity index (χ0) is 19.2. The van der Waals surface area contributed by atoms with Crippen molar-refractivity contribution in [3.05, 3.63) is 54.1 Å². The van der Waals surface area contributed by atoms with Crippen LogP contribution in [0.2, 0.25) is 0 Å². The molecule has 6 heteroatoms. The summed E-state index contributed by atoms with van der Waals surface area (Å²) >= 11 is 0. The molecule has 26 heavy (non-hydrogen) atoms. The minimum atomic E-state index is -0.541. The molecule has 0 spiro atoms. The molecule has 0 aromatic heterocycles. The largest absolute Gasteiger partial charge is 0.482 e. The summed E-state index contributed by atoms with van der Waals surface area (Å²) in [6.07, 6.45) is 0. The first kappa shape index (κ1) is 19.3. The van der Waals surface area contributed by atoms with E-state index in [-0.39, 0.29) is 12.6 Å². The Morgan fingerprint density at radius 1 is 1.00 bits per heavy atom. The van der Waals surface area contributed by atoms with Crippen molar-refractivity contribution in [1.82, 2.24) is 0 Å². The fraction of sp³-hybridized carbons (Fsp3) is 0.300. The molecule has 138 valence electrons. The fourth-order valence-electron chi connectivity index (χ4n) is 2.15. The van der Waals surface area contributed by atoms with E-state index in [9.17, 15) is 9.59 Å². The standard InChI is InChI=1S/C20H23NO5/c1-20(2,3)26-18(22)13-25-17-7-5-6-16(12-17)21-15-10-8-14(9-11-15)19(23)24-4/h5-12,21H,13H2,1-4H3. The van der Waals surface area contributed by atoms with Crippen LogP contribution in [0.5, 0.6) is 5.75 Å². The molecule has 2 aromatic rings. The highest BCUT2D eigenvalue weighted by atomic mass is 16.6. The molecule has 0 aliphatic heterocycles. The normalized spacial score (nSPS) is 10.8. The molecule has 0 heterocycles. The Morgan fingerprint density at radius 2 is 1.69 bits per heavy atom. The molecule has 0 aliphatic carbocycles. The van der Waals surface area contributed by atoms with Crippen molar-refractivity contribution in [3.63, 3.8) is 0 Å². The lowest BCUT2D eigenvalue weighted by Gasteiger charge is -2.19. The van der Waals surface area contributed by atoms with E-state index in [1.54, 1.807) is 57.2 Å². The van der Waals surface area contributed by atoms with E-state index < -0.39 is 11.6 Å². The van der Waals surface area contributed by atoms with Crippen LogP contribution in [0.3, 0.4) is 0 Å². The molecule has 0 fully saturated rings. The molecule has 0 radical (unpaired) electrons. The molecule has 6 nitrogen and oxygen atoms in total. The zero-order valence-corrected chi connectivity index (χ0v) is 15.4. The smallest absolute Gasteiger partial charge is 0.344 e. The third-order valence-corrected chi connectivity index (χ3v) is 3.21. The second kappa shape index (κ2) is 8.38. The third kappa shape index (κ3) is 6.12. The maximum atomic E-state index is 11.7. The topological polar surface area (TPSA) is 73.9 Å². The first-order valence-corrected chi connectivity index (χ1v) is 8.17. The summed E-state index contributed by atoms with van der Waals surface area (Å²) in [5, 5.41) is 3.21. The number of anilines is 2. The summed E-state index contributed by atoms with van der Waals surface area (Å²) < 4.78 is 15.4. The highest BCUT2D eigenvalue weighted by molar-refractivity contribution is 5.89. The molecule has 0 saturated carbocycles. The number of ether oxygens (including phenoxy) is 3. The van der Waals surface area contributed by atoms with Crippen molar-refractivity contribution >= 4 is 23.3 Å². The van der Waals surface area contributed by atoms with Gasteiger partial charge in [-0.05, 0) is 57.2 Å². The molecular weight excluding hydrogens is 334 g/mol. The van der Waals surface area contributed by atoms with Gasteiger partial charge in [0.1, 0.15) is 11.4 Å². The van der Waals surface area contributed by atoms with Gasteiger partial charge < -0.3 is 19.5 Å². The SMILES string of the molecule is COC(=O)c1ccc(Nc2cccc(OCC(=O)OC(C)(C)C)c2)cc1. The number of methoxy groups -OCH3 is 1. The van der Waals surface area contributed by atoms with E-state index in [1.807, 2.05) is 12.1 Å². The predicted octanol–water partition coefficient (Wildman–Crippen LogP) is 3.94. The molecule has 0 unspecified atom stereocenters. The minimum Gasteiger partial charge on any atom is -0.482 e. The van der Waals surface area contributed by atoms with E-state index in [2.05, 4.69) is 10.1 Å². The highest BCUT2D eigenvalue weighted by Crippen LogP contribution is 2.22. The number of rotatable bonds is 6. The lowest BCUT2D eigenvalue weighted by atomic mass is 10.2.